The molecule has 0 bridgehead atoms. The first-order valence-corrected chi connectivity index (χ1v) is 14.2. The predicted octanol–water partition coefficient (Wildman–Crippen LogP) is 4.14. The van der Waals surface area contributed by atoms with E-state index in [4.69, 9.17) is 14.5 Å². The van der Waals surface area contributed by atoms with Crippen LogP contribution in [0.1, 0.15) is 69.3 Å². The molecule has 206 valence electrons. The van der Waals surface area contributed by atoms with Gasteiger partial charge in [-0.3, -0.25) is 9.59 Å². The molecule has 3 aliphatic rings. The van der Waals surface area contributed by atoms with E-state index in [-0.39, 0.29) is 35.9 Å². The Labute approximate surface area is 229 Å². The fourth-order valence-corrected chi connectivity index (χ4v) is 6.59. The number of para-hydroxylation sites is 1. The molecule has 1 saturated heterocycles. The summed E-state index contributed by atoms with van der Waals surface area (Å²) in [5.41, 5.74) is 2.77. The maximum Gasteiger partial charge on any atom is 0.243 e. The normalized spacial score (nSPS) is 25.9. The Morgan fingerprint density at radius 2 is 2.00 bits per heavy atom. The number of carbonyl (C=O) groups excluding carboxylic acids is 2. The van der Waals surface area contributed by atoms with E-state index < -0.39 is 11.5 Å². The van der Waals surface area contributed by atoms with Gasteiger partial charge in [-0.25, -0.2) is 4.98 Å². The molecular weight excluding hydrogens is 492 g/mol. The lowest BCUT2D eigenvalue weighted by atomic mass is 9.65. The number of likely N-dealkylation sites (N-methyl/N-ethyl adjacent to an activating group) is 1. The van der Waals surface area contributed by atoms with Gasteiger partial charge in [0.1, 0.15) is 23.7 Å². The number of benzene rings is 2. The third-order valence-electron chi connectivity index (χ3n) is 9.23. The summed E-state index contributed by atoms with van der Waals surface area (Å²) in [6, 6.07) is 13.7. The van der Waals surface area contributed by atoms with Crippen LogP contribution in [0.15, 0.2) is 42.5 Å². The Kier molecular flexibility index (Phi) is 6.61. The molecule has 6 rings (SSSR count). The molecule has 2 amide bonds. The highest BCUT2D eigenvalue weighted by Gasteiger charge is 2.49. The second-order valence-corrected chi connectivity index (χ2v) is 11.8. The zero-order valence-electron chi connectivity index (χ0n) is 23.0. The number of ether oxygens (including phenoxy) is 2. The number of aromatic nitrogens is 2. The van der Waals surface area contributed by atoms with Gasteiger partial charge in [0.2, 0.25) is 11.8 Å². The van der Waals surface area contributed by atoms with Crippen molar-refractivity contribution in [2.75, 3.05) is 19.8 Å². The molecule has 0 radical (unpaired) electrons. The zero-order valence-corrected chi connectivity index (χ0v) is 23.0. The van der Waals surface area contributed by atoms with E-state index in [1.807, 2.05) is 43.3 Å². The summed E-state index contributed by atoms with van der Waals surface area (Å²) >= 11 is 0. The first-order valence-electron chi connectivity index (χ1n) is 14.2. The summed E-state index contributed by atoms with van der Waals surface area (Å²) in [4.78, 5) is 35.4. The van der Waals surface area contributed by atoms with Gasteiger partial charge in [0.05, 0.1) is 23.1 Å². The largest absolute Gasteiger partial charge is 0.490 e. The van der Waals surface area contributed by atoms with Gasteiger partial charge < -0.3 is 25.1 Å². The van der Waals surface area contributed by atoms with Gasteiger partial charge in [-0.05, 0) is 62.3 Å². The average Bonchev–Trinajstić information content (AvgIpc) is 3.63. The third kappa shape index (κ3) is 4.48. The lowest BCUT2D eigenvalue weighted by molar-refractivity contribution is -0.136. The monoisotopic (exact) mass is 530 g/mol. The number of aromatic amines is 1. The van der Waals surface area contributed by atoms with Crippen molar-refractivity contribution in [2.45, 2.75) is 76.4 Å². The van der Waals surface area contributed by atoms with E-state index in [0.717, 1.165) is 53.9 Å². The molecule has 2 unspecified atom stereocenters. The summed E-state index contributed by atoms with van der Waals surface area (Å²) in [5, 5.41) is 6.09. The second-order valence-electron chi connectivity index (χ2n) is 11.8. The first-order chi connectivity index (χ1) is 18.8. The first kappa shape index (κ1) is 25.9. The molecule has 4 atom stereocenters. The van der Waals surface area contributed by atoms with Gasteiger partial charge in [-0.15, -0.1) is 0 Å². The van der Waals surface area contributed by atoms with Crippen LogP contribution >= 0.6 is 0 Å². The lowest BCUT2D eigenvalue weighted by Gasteiger charge is -2.45. The van der Waals surface area contributed by atoms with Crippen molar-refractivity contribution in [3.63, 3.8) is 0 Å². The number of nitrogens with zero attached hydrogens (tertiary/aromatic N) is 1. The molecule has 3 aromatic rings. The summed E-state index contributed by atoms with van der Waals surface area (Å²) in [5.74, 6) is 1.81. The van der Waals surface area contributed by atoms with E-state index in [1.54, 1.807) is 0 Å². The van der Waals surface area contributed by atoms with Crippen molar-refractivity contribution >= 4 is 22.8 Å². The molecule has 2 fully saturated rings. The van der Waals surface area contributed by atoms with Gasteiger partial charge in [0.15, 0.2) is 0 Å². The van der Waals surface area contributed by atoms with E-state index in [1.165, 1.54) is 5.56 Å². The fraction of sp³-hybridized carbons (Fsp3) is 0.516. The van der Waals surface area contributed by atoms with Crippen molar-refractivity contribution < 1.29 is 19.1 Å². The lowest BCUT2D eigenvalue weighted by Crippen LogP contribution is -2.61. The van der Waals surface area contributed by atoms with E-state index in [9.17, 15) is 9.59 Å². The maximum absolute atomic E-state index is 14.0. The number of H-pyrrole nitrogens is 1. The minimum absolute atomic E-state index is 0.0733. The number of rotatable bonds is 8. The summed E-state index contributed by atoms with van der Waals surface area (Å²) < 4.78 is 11.9. The van der Waals surface area contributed by atoms with Crippen LogP contribution in [0.2, 0.25) is 0 Å². The van der Waals surface area contributed by atoms with Crippen molar-refractivity contribution in [3.05, 3.63) is 59.4 Å². The number of hydrogen-bond donors (Lipinski definition) is 3. The molecule has 8 nitrogen and oxygen atoms in total. The number of hydrogen-bond acceptors (Lipinski definition) is 5. The van der Waals surface area contributed by atoms with Crippen molar-refractivity contribution in [2.24, 2.45) is 5.41 Å². The quantitative estimate of drug-likeness (QED) is 0.406. The molecule has 2 aliphatic heterocycles. The van der Waals surface area contributed by atoms with Gasteiger partial charge >= 0.3 is 0 Å². The molecule has 8 heteroatoms. The van der Waals surface area contributed by atoms with Gasteiger partial charge in [0.25, 0.3) is 0 Å². The van der Waals surface area contributed by atoms with Crippen LogP contribution in [0.4, 0.5) is 0 Å². The smallest absolute Gasteiger partial charge is 0.243 e. The number of imidazole rings is 1. The zero-order chi connectivity index (χ0) is 27.2. The molecule has 1 aromatic heterocycles. The highest BCUT2D eigenvalue weighted by Crippen LogP contribution is 2.44. The summed E-state index contributed by atoms with van der Waals surface area (Å²) in [6.07, 6.45) is 4.30. The van der Waals surface area contributed by atoms with Gasteiger partial charge in [-0.1, -0.05) is 37.6 Å². The molecule has 3 heterocycles. The number of carbonyl (C=O) groups is 2. The Bertz CT molecular complexity index is 1390. The Balaban J connectivity index is 1.27. The SMILES string of the molecule is CCNC(=O)[C@H](NC(=O)C1(c2ccc3[nH]c(C[C@H]4c5ccccc5OC4C)nc3c2)CCOC1)C1(C)CCC1. The number of amides is 2. The van der Waals surface area contributed by atoms with Gasteiger partial charge in [0, 0.05) is 31.1 Å². The van der Waals surface area contributed by atoms with Crippen LogP contribution in [0, 0.1) is 5.41 Å². The summed E-state index contributed by atoms with van der Waals surface area (Å²) in [7, 11) is 0. The highest BCUT2D eigenvalue weighted by molar-refractivity contribution is 5.94. The van der Waals surface area contributed by atoms with Crippen molar-refractivity contribution in [1.82, 2.24) is 20.6 Å². The minimum atomic E-state index is -0.856. The predicted molar refractivity (Wildman–Crippen MR) is 149 cm³/mol. The Hall–Kier alpha value is -3.39. The average molecular weight is 531 g/mol. The van der Waals surface area contributed by atoms with Crippen molar-refractivity contribution in [1.29, 1.82) is 0 Å². The van der Waals surface area contributed by atoms with Crippen LogP contribution in [0.5, 0.6) is 5.75 Å². The Morgan fingerprint density at radius 3 is 2.72 bits per heavy atom. The van der Waals surface area contributed by atoms with E-state index in [2.05, 4.69) is 35.5 Å². The minimum Gasteiger partial charge on any atom is -0.490 e. The highest BCUT2D eigenvalue weighted by atomic mass is 16.5. The Morgan fingerprint density at radius 1 is 1.18 bits per heavy atom. The standard InChI is InChI=1S/C31H38N4O4/c1-4-32-28(36)27(30(3)12-7-13-30)35-29(37)31(14-15-38-18-31)20-10-11-23-24(16-20)34-26(33-23)17-22-19(2)39-25-9-6-5-8-21(22)25/h5-6,8-11,16,19,22,27H,4,7,12-15,17-18H2,1-3H3,(H,32,36)(H,33,34)(H,35,37)/t19?,22-,27+,31?/m1/s1. The molecule has 3 N–H and O–H groups in total. The van der Waals surface area contributed by atoms with Crippen LogP contribution in [0.25, 0.3) is 11.0 Å². The number of fused-ring (bicyclic) bond motifs is 2. The molecule has 1 saturated carbocycles. The van der Waals surface area contributed by atoms with Crippen LogP contribution in [-0.2, 0) is 26.2 Å². The molecular formula is C31H38N4O4. The van der Waals surface area contributed by atoms with Crippen LogP contribution < -0.4 is 15.4 Å². The maximum atomic E-state index is 14.0. The van der Waals surface area contributed by atoms with E-state index >= 15 is 0 Å². The van der Waals surface area contributed by atoms with E-state index in [0.29, 0.717) is 19.6 Å². The topological polar surface area (TPSA) is 105 Å². The van der Waals surface area contributed by atoms with Crippen LogP contribution in [-0.4, -0.2) is 53.7 Å². The molecule has 1 aliphatic carbocycles. The molecule has 2 aromatic carbocycles. The number of nitrogens with one attached hydrogen (secondary N) is 3. The fourth-order valence-electron chi connectivity index (χ4n) is 6.59. The van der Waals surface area contributed by atoms with Gasteiger partial charge in [-0.2, -0.15) is 0 Å². The van der Waals surface area contributed by atoms with Crippen LogP contribution in [0.3, 0.4) is 0 Å². The third-order valence-corrected chi connectivity index (χ3v) is 9.23. The second kappa shape index (κ2) is 9.97. The van der Waals surface area contributed by atoms with Crippen molar-refractivity contribution in [3.8, 4) is 5.75 Å². The summed E-state index contributed by atoms with van der Waals surface area (Å²) in [6.45, 7) is 7.42. The molecule has 0 spiro atoms. The molecule has 39 heavy (non-hydrogen) atoms.